The van der Waals surface area contributed by atoms with Crippen LogP contribution in [0.25, 0.3) is 11.8 Å². The summed E-state index contributed by atoms with van der Waals surface area (Å²) >= 11 is 3.25. The summed E-state index contributed by atoms with van der Waals surface area (Å²) in [5.74, 6) is -1.64. The summed E-state index contributed by atoms with van der Waals surface area (Å²) < 4.78 is 15.9. The molecule has 0 aliphatic rings. The molecule has 0 atom stereocenters. The van der Waals surface area contributed by atoms with E-state index in [1.165, 1.54) is 16.8 Å². The first-order valence-electron chi connectivity index (χ1n) is 4.98. The molecule has 4 nitrogen and oxygen atoms in total. The molecule has 0 saturated heterocycles. The fraction of sp³-hybridized carbons (Fsp3) is 0. The maximum absolute atomic E-state index is 13.7. The van der Waals surface area contributed by atoms with Gasteiger partial charge < -0.3 is 5.11 Å². The Morgan fingerprint density at radius 1 is 1.50 bits per heavy atom. The number of carboxylic acid groups (broad SMARTS) is 1. The van der Waals surface area contributed by atoms with E-state index in [1.54, 1.807) is 24.5 Å². The zero-order valence-corrected chi connectivity index (χ0v) is 10.6. The third kappa shape index (κ3) is 2.65. The molecule has 2 rings (SSSR count). The van der Waals surface area contributed by atoms with E-state index < -0.39 is 11.8 Å². The third-order valence-corrected chi connectivity index (χ3v) is 2.63. The number of hydrogen-bond donors (Lipinski definition) is 1. The van der Waals surface area contributed by atoms with Crippen molar-refractivity contribution in [3.8, 4) is 5.69 Å². The predicted octanol–water partition coefficient (Wildman–Crippen LogP) is 2.87. The summed E-state index contributed by atoms with van der Waals surface area (Å²) in [6, 6.07) is 4.46. The van der Waals surface area contributed by atoms with E-state index >= 15 is 0 Å². The largest absolute Gasteiger partial charge is 0.478 e. The van der Waals surface area contributed by atoms with Crippen LogP contribution in [0.2, 0.25) is 0 Å². The highest BCUT2D eigenvalue weighted by molar-refractivity contribution is 9.10. The number of halogens is 2. The molecule has 0 spiro atoms. The number of benzene rings is 1. The average Bonchev–Trinajstić information content (AvgIpc) is 2.73. The Morgan fingerprint density at radius 3 is 2.89 bits per heavy atom. The number of rotatable bonds is 3. The molecule has 0 aliphatic heterocycles. The number of carboxylic acids is 1. The van der Waals surface area contributed by atoms with Gasteiger partial charge in [0, 0.05) is 17.8 Å². The molecule has 0 aliphatic carbocycles. The van der Waals surface area contributed by atoms with Gasteiger partial charge in [-0.05, 0) is 34.1 Å². The van der Waals surface area contributed by atoms with Crippen LogP contribution in [-0.4, -0.2) is 20.9 Å². The van der Waals surface area contributed by atoms with Gasteiger partial charge >= 0.3 is 5.97 Å². The Labute approximate surface area is 110 Å². The van der Waals surface area contributed by atoms with Crippen molar-refractivity contribution in [2.45, 2.75) is 0 Å². The number of aromatic nitrogens is 2. The fourth-order valence-corrected chi connectivity index (χ4v) is 1.76. The molecule has 1 heterocycles. The van der Waals surface area contributed by atoms with Crippen LogP contribution < -0.4 is 0 Å². The molecule has 2 aromatic rings. The molecule has 92 valence electrons. The lowest BCUT2D eigenvalue weighted by Crippen LogP contribution is -1.99. The molecule has 0 amide bonds. The molecule has 18 heavy (non-hydrogen) atoms. The van der Waals surface area contributed by atoms with Crippen molar-refractivity contribution in [3.63, 3.8) is 0 Å². The molecule has 6 heteroatoms. The van der Waals surface area contributed by atoms with Crippen molar-refractivity contribution in [3.05, 3.63) is 52.5 Å². The van der Waals surface area contributed by atoms with Crippen molar-refractivity contribution in [1.29, 1.82) is 0 Å². The lowest BCUT2D eigenvalue weighted by molar-refractivity contribution is -0.131. The van der Waals surface area contributed by atoms with Crippen molar-refractivity contribution < 1.29 is 14.3 Å². The van der Waals surface area contributed by atoms with Crippen LogP contribution in [0.1, 0.15) is 5.56 Å². The van der Waals surface area contributed by atoms with Crippen molar-refractivity contribution >= 4 is 28.0 Å². The first kappa shape index (κ1) is 12.5. The minimum absolute atomic E-state index is 0.176. The zero-order chi connectivity index (χ0) is 13.1. The van der Waals surface area contributed by atoms with Gasteiger partial charge in [0.1, 0.15) is 5.82 Å². The summed E-state index contributed by atoms with van der Waals surface area (Å²) in [6.45, 7) is 0. The van der Waals surface area contributed by atoms with Gasteiger partial charge in [-0.25, -0.2) is 13.9 Å². The normalized spacial score (nSPS) is 11.0. The van der Waals surface area contributed by atoms with E-state index in [0.29, 0.717) is 5.69 Å². The minimum atomic E-state index is -1.13. The molecule has 1 aromatic carbocycles. The molecule has 1 aromatic heterocycles. The molecular weight excluding hydrogens is 303 g/mol. The van der Waals surface area contributed by atoms with E-state index in [4.69, 9.17) is 5.11 Å². The summed E-state index contributed by atoms with van der Waals surface area (Å²) in [7, 11) is 0. The minimum Gasteiger partial charge on any atom is -0.478 e. The first-order chi connectivity index (χ1) is 8.58. The van der Waals surface area contributed by atoms with Gasteiger partial charge in [-0.1, -0.05) is 6.07 Å². The van der Waals surface area contributed by atoms with Gasteiger partial charge in [-0.3, -0.25) is 0 Å². The van der Waals surface area contributed by atoms with Crippen LogP contribution in [0.5, 0.6) is 0 Å². The van der Waals surface area contributed by atoms with Gasteiger partial charge in [-0.2, -0.15) is 5.10 Å². The van der Waals surface area contributed by atoms with Crippen molar-refractivity contribution in [1.82, 2.24) is 9.78 Å². The lowest BCUT2D eigenvalue weighted by Gasteiger charge is -2.06. The Morgan fingerprint density at radius 2 is 2.28 bits per heavy atom. The quantitative estimate of drug-likeness (QED) is 0.887. The second-order valence-corrected chi connectivity index (χ2v) is 4.36. The van der Waals surface area contributed by atoms with Crippen LogP contribution in [0.4, 0.5) is 4.39 Å². The van der Waals surface area contributed by atoms with Crippen LogP contribution in [-0.2, 0) is 4.79 Å². The Balaban J connectivity index is 2.54. The molecule has 0 saturated carbocycles. The molecule has 0 unspecified atom stereocenters. The molecule has 0 bridgehead atoms. The summed E-state index contributed by atoms with van der Waals surface area (Å²) in [4.78, 5) is 10.5. The smallest absolute Gasteiger partial charge is 0.328 e. The maximum atomic E-state index is 13.7. The average molecular weight is 311 g/mol. The zero-order valence-electron chi connectivity index (χ0n) is 9.05. The van der Waals surface area contributed by atoms with Gasteiger partial charge in [0.05, 0.1) is 16.4 Å². The standard InChI is InChI=1S/C12H8BrFN2O2/c13-8-6-15-16(7-8)11-3-1-2-10(14)9(11)4-5-12(17)18/h1-7H,(H,17,18)/b5-4+. The molecule has 0 fully saturated rings. The van der Waals surface area contributed by atoms with Gasteiger partial charge in [-0.15, -0.1) is 0 Å². The summed E-state index contributed by atoms with van der Waals surface area (Å²) in [5.41, 5.74) is 0.647. The summed E-state index contributed by atoms with van der Waals surface area (Å²) in [6.07, 6.45) is 5.32. The number of nitrogens with zero attached hydrogens (tertiary/aromatic N) is 2. The Kier molecular flexibility index (Phi) is 3.57. The van der Waals surface area contributed by atoms with Gasteiger partial charge in [0.25, 0.3) is 0 Å². The first-order valence-corrected chi connectivity index (χ1v) is 5.77. The van der Waals surface area contributed by atoms with E-state index in [2.05, 4.69) is 21.0 Å². The number of carbonyl (C=O) groups is 1. The van der Waals surface area contributed by atoms with E-state index in [9.17, 15) is 9.18 Å². The number of aliphatic carboxylic acids is 1. The van der Waals surface area contributed by atoms with Gasteiger partial charge in [0.15, 0.2) is 0 Å². The van der Waals surface area contributed by atoms with Crippen LogP contribution in [0.3, 0.4) is 0 Å². The highest BCUT2D eigenvalue weighted by Gasteiger charge is 2.08. The van der Waals surface area contributed by atoms with E-state index in [0.717, 1.165) is 10.5 Å². The van der Waals surface area contributed by atoms with Crippen molar-refractivity contribution in [2.24, 2.45) is 0 Å². The van der Waals surface area contributed by atoms with Crippen LogP contribution in [0.15, 0.2) is 41.1 Å². The van der Waals surface area contributed by atoms with Crippen LogP contribution in [0, 0.1) is 5.82 Å². The van der Waals surface area contributed by atoms with Crippen LogP contribution >= 0.6 is 15.9 Å². The topological polar surface area (TPSA) is 55.1 Å². The van der Waals surface area contributed by atoms with Gasteiger partial charge in [0.2, 0.25) is 0 Å². The fourth-order valence-electron chi connectivity index (χ4n) is 1.48. The van der Waals surface area contributed by atoms with E-state index in [-0.39, 0.29) is 5.56 Å². The second kappa shape index (κ2) is 5.14. The third-order valence-electron chi connectivity index (χ3n) is 2.22. The second-order valence-electron chi connectivity index (χ2n) is 3.45. The van der Waals surface area contributed by atoms with E-state index in [1.807, 2.05) is 0 Å². The SMILES string of the molecule is O=C(O)/C=C/c1c(F)cccc1-n1cc(Br)cn1. The molecule has 1 N–H and O–H groups in total. The predicted molar refractivity (Wildman–Crippen MR) is 67.9 cm³/mol. The highest BCUT2D eigenvalue weighted by atomic mass is 79.9. The molecular formula is C12H8BrFN2O2. The number of hydrogen-bond acceptors (Lipinski definition) is 2. The Bertz CT molecular complexity index is 622. The van der Waals surface area contributed by atoms with Crippen molar-refractivity contribution in [2.75, 3.05) is 0 Å². The maximum Gasteiger partial charge on any atom is 0.328 e. The lowest BCUT2D eigenvalue weighted by atomic mass is 10.1. The monoisotopic (exact) mass is 310 g/mol. The molecule has 0 radical (unpaired) electrons. The highest BCUT2D eigenvalue weighted by Crippen LogP contribution is 2.20. The Hall–Kier alpha value is -1.95. The summed E-state index contributed by atoms with van der Waals surface area (Å²) in [5, 5.41) is 12.6.